The highest BCUT2D eigenvalue weighted by Gasteiger charge is 2.40. The van der Waals surface area contributed by atoms with Crippen LogP contribution in [0.1, 0.15) is 30.2 Å². The summed E-state index contributed by atoms with van der Waals surface area (Å²) < 4.78 is 0. The molecule has 1 fully saturated rings. The average Bonchev–Trinajstić information content (AvgIpc) is 2.77. The molecule has 0 bridgehead atoms. The van der Waals surface area contributed by atoms with E-state index in [1.54, 1.807) is 0 Å². The van der Waals surface area contributed by atoms with Crippen LogP contribution in [0.2, 0.25) is 0 Å². The Hall–Kier alpha value is -0.420. The van der Waals surface area contributed by atoms with Crippen LogP contribution in [0.25, 0.3) is 0 Å². The van der Waals surface area contributed by atoms with Crippen LogP contribution in [0.3, 0.4) is 0 Å². The molecule has 2 N–H and O–H groups in total. The summed E-state index contributed by atoms with van der Waals surface area (Å²) in [6.07, 6.45) is 3.98. The number of nitrogens with two attached hydrogens (primary N) is 1. The molecule has 0 aromatic carbocycles. The van der Waals surface area contributed by atoms with Gasteiger partial charge in [-0.3, -0.25) is 4.90 Å². The molecular weight excluding hydrogens is 242 g/mol. The number of likely N-dealkylation sites (N-methyl/N-ethyl adjacent to an activating group) is 2. The van der Waals surface area contributed by atoms with E-state index in [1.807, 2.05) is 11.3 Å². The van der Waals surface area contributed by atoms with E-state index >= 15 is 0 Å². The lowest BCUT2D eigenvalue weighted by Gasteiger charge is -2.50. The summed E-state index contributed by atoms with van der Waals surface area (Å²) in [6, 6.07) is 4.67. The predicted octanol–water partition coefficient (Wildman–Crippen LogP) is 2.16. The van der Waals surface area contributed by atoms with Gasteiger partial charge in [0.25, 0.3) is 0 Å². The zero-order valence-corrected chi connectivity index (χ0v) is 12.5. The van der Waals surface area contributed by atoms with E-state index in [0.717, 1.165) is 6.54 Å². The molecule has 0 amide bonds. The Balaban J connectivity index is 2.04. The van der Waals surface area contributed by atoms with Crippen LogP contribution in [0.5, 0.6) is 0 Å². The second kappa shape index (κ2) is 5.70. The normalized spacial score (nSPS) is 20.1. The van der Waals surface area contributed by atoms with Gasteiger partial charge in [0, 0.05) is 23.5 Å². The molecule has 1 aliphatic rings. The summed E-state index contributed by atoms with van der Waals surface area (Å²) >= 11 is 1.81. The van der Waals surface area contributed by atoms with Crippen molar-refractivity contribution in [1.29, 1.82) is 0 Å². The van der Waals surface area contributed by atoms with Crippen molar-refractivity contribution in [1.82, 2.24) is 9.80 Å². The van der Waals surface area contributed by atoms with E-state index in [-0.39, 0.29) is 0 Å². The maximum absolute atomic E-state index is 5.97. The predicted molar refractivity (Wildman–Crippen MR) is 79.0 cm³/mol. The molecule has 1 atom stereocenters. The Morgan fingerprint density at radius 2 is 2.11 bits per heavy atom. The SMILES string of the molecule is CN(CC1(N(C)C)CCC1)C(CN)c1cccs1. The Morgan fingerprint density at radius 3 is 2.50 bits per heavy atom. The highest BCUT2D eigenvalue weighted by molar-refractivity contribution is 7.10. The number of nitrogens with zero attached hydrogens (tertiary/aromatic N) is 2. The van der Waals surface area contributed by atoms with Gasteiger partial charge in [-0.15, -0.1) is 11.3 Å². The Bertz CT molecular complexity index is 357. The van der Waals surface area contributed by atoms with Crippen LogP contribution in [-0.2, 0) is 0 Å². The van der Waals surface area contributed by atoms with Gasteiger partial charge >= 0.3 is 0 Å². The van der Waals surface area contributed by atoms with Crippen molar-refractivity contribution in [3.05, 3.63) is 22.4 Å². The summed E-state index contributed by atoms with van der Waals surface area (Å²) in [5, 5.41) is 2.14. The lowest BCUT2D eigenvalue weighted by Crippen LogP contribution is -2.57. The van der Waals surface area contributed by atoms with E-state index in [0.29, 0.717) is 18.1 Å². The van der Waals surface area contributed by atoms with Crippen LogP contribution in [-0.4, -0.2) is 49.6 Å². The Morgan fingerprint density at radius 1 is 1.39 bits per heavy atom. The highest BCUT2D eigenvalue weighted by Crippen LogP contribution is 2.38. The summed E-state index contributed by atoms with van der Waals surface area (Å²) in [7, 11) is 6.62. The summed E-state index contributed by atoms with van der Waals surface area (Å²) in [5.74, 6) is 0. The first-order valence-corrected chi connectivity index (χ1v) is 7.58. The zero-order valence-electron chi connectivity index (χ0n) is 11.7. The van der Waals surface area contributed by atoms with E-state index in [9.17, 15) is 0 Å². The van der Waals surface area contributed by atoms with Gasteiger partial charge in [-0.05, 0) is 51.9 Å². The molecular formula is C14H25N3S. The molecule has 1 aromatic heterocycles. The number of thiophene rings is 1. The van der Waals surface area contributed by atoms with Gasteiger partial charge in [0.05, 0.1) is 6.04 Å². The van der Waals surface area contributed by atoms with Crippen molar-refractivity contribution in [3.63, 3.8) is 0 Å². The maximum atomic E-state index is 5.97. The molecule has 1 aliphatic carbocycles. The fourth-order valence-corrected chi connectivity index (χ4v) is 3.80. The molecule has 0 spiro atoms. The van der Waals surface area contributed by atoms with E-state index in [1.165, 1.54) is 24.1 Å². The zero-order chi connectivity index (χ0) is 13.2. The Labute approximate surface area is 115 Å². The first-order valence-electron chi connectivity index (χ1n) is 6.70. The second-order valence-corrected chi connectivity index (χ2v) is 6.63. The smallest absolute Gasteiger partial charge is 0.0562 e. The fourth-order valence-electron chi connectivity index (χ4n) is 2.90. The van der Waals surface area contributed by atoms with Crippen LogP contribution in [0.4, 0.5) is 0 Å². The molecule has 1 aromatic rings. The van der Waals surface area contributed by atoms with Gasteiger partial charge in [-0.1, -0.05) is 6.07 Å². The van der Waals surface area contributed by atoms with Gasteiger partial charge < -0.3 is 10.6 Å². The monoisotopic (exact) mass is 267 g/mol. The summed E-state index contributed by atoms with van der Waals surface area (Å²) in [6.45, 7) is 1.81. The topological polar surface area (TPSA) is 32.5 Å². The molecule has 0 saturated heterocycles. The molecule has 0 radical (unpaired) electrons. The highest BCUT2D eigenvalue weighted by atomic mass is 32.1. The van der Waals surface area contributed by atoms with Crippen molar-refractivity contribution >= 4 is 11.3 Å². The number of hydrogen-bond donors (Lipinski definition) is 1. The molecule has 2 rings (SSSR count). The van der Waals surface area contributed by atoms with E-state index < -0.39 is 0 Å². The van der Waals surface area contributed by atoms with Gasteiger partial charge in [-0.25, -0.2) is 0 Å². The van der Waals surface area contributed by atoms with Crippen molar-refractivity contribution in [2.24, 2.45) is 5.73 Å². The average molecular weight is 267 g/mol. The van der Waals surface area contributed by atoms with Crippen molar-refractivity contribution in [2.75, 3.05) is 34.2 Å². The summed E-state index contributed by atoms with van der Waals surface area (Å²) in [4.78, 5) is 6.22. The van der Waals surface area contributed by atoms with Crippen molar-refractivity contribution < 1.29 is 0 Å². The Kier molecular flexibility index (Phi) is 4.43. The van der Waals surface area contributed by atoms with Crippen molar-refractivity contribution in [3.8, 4) is 0 Å². The van der Waals surface area contributed by atoms with E-state index in [2.05, 4.69) is 48.5 Å². The maximum Gasteiger partial charge on any atom is 0.0562 e. The first-order chi connectivity index (χ1) is 8.59. The molecule has 4 heteroatoms. The van der Waals surface area contributed by atoms with Crippen LogP contribution in [0.15, 0.2) is 17.5 Å². The van der Waals surface area contributed by atoms with Crippen molar-refractivity contribution in [2.45, 2.75) is 30.8 Å². The molecule has 0 aliphatic heterocycles. The minimum atomic E-state index is 0.363. The minimum Gasteiger partial charge on any atom is -0.329 e. The molecule has 1 unspecified atom stereocenters. The largest absolute Gasteiger partial charge is 0.329 e. The van der Waals surface area contributed by atoms with Gasteiger partial charge in [0.15, 0.2) is 0 Å². The van der Waals surface area contributed by atoms with Crippen LogP contribution in [0, 0.1) is 0 Å². The summed E-state index contributed by atoms with van der Waals surface area (Å²) in [5.41, 5.74) is 6.35. The third-order valence-corrected chi connectivity index (χ3v) is 5.38. The molecule has 18 heavy (non-hydrogen) atoms. The second-order valence-electron chi connectivity index (χ2n) is 5.65. The minimum absolute atomic E-state index is 0.363. The quantitative estimate of drug-likeness (QED) is 0.857. The van der Waals surface area contributed by atoms with Gasteiger partial charge in [-0.2, -0.15) is 0 Å². The standard InChI is InChI=1S/C14H25N3S/c1-16(2)14(7-5-8-14)11-17(3)12(10-15)13-6-4-9-18-13/h4,6,9,12H,5,7-8,10-11,15H2,1-3H3. The molecule has 3 nitrogen and oxygen atoms in total. The third kappa shape index (κ3) is 2.62. The first kappa shape index (κ1) is 14.0. The van der Waals surface area contributed by atoms with Crippen LogP contribution >= 0.6 is 11.3 Å². The molecule has 1 saturated carbocycles. The van der Waals surface area contributed by atoms with Gasteiger partial charge in [0.1, 0.15) is 0 Å². The molecule has 102 valence electrons. The lowest BCUT2D eigenvalue weighted by molar-refractivity contribution is 0.0172. The number of rotatable bonds is 6. The van der Waals surface area contributed by atoms with Gasteiger partial charge in [0.2, 0.25) is 0 Å². The third-order valence-electron chi connectivity index (χ3n) is 4.40. The van der Waals surface area contributed by atoms with Crippen LogP contribution < -0.4 is 5.73 Å². The van der Waals surface area contributed by atoms with E-state index in [4.69, 9.17) is 5.73 Å². The lowest BCUT2D eigenvalue weighted by atomic mass is 9.75. The molecule has 1 heterocycles. The number of hydrogen-bond acceptors (Lipinski definition) is 4. The fraction of sp³-hybridized carbons (Fsp3) is 0.714.